The fraction of sp³-hybridized carbons (Fsp3) is 0.476. The van der Waals surface area contributed by atoms with Crippen molar-refractivity contribution in [3.05, 3.63) is 35.4 Å². The number of imide groups is 1. The Hall–Kier alpha value is -3.23. The predicted molar refractivity (Wildman–Crippen MR) is 105 cm³/mol. The summed E-state index contributed by atoms with van der Waals surface area (Å²) in [7, 11) is 0. The van der Waals surface area contributed by atoms with Gasteiger partial charge in [0.1, 0.15) is 12.1 Å². The molecule has 1 fully saturated rings. The molecule has 0 spiro atoms. The molecule has 0 aliphatic carbocycles. The van der Waals surface area contributed by atoms with Crippen LogP contribution < -0.4 is 5.73 Å². The molecule has 2 aliphatic rings. The maximum atomic E-state index is 12.8. The number of carbonyl (C=O) groups is 5. The lowest BCUT2D eigenvalue weighted by Crippen LogP contribution is -2.52. The van der Waals surface area contributed by atoms with Crippen LogP contribution in [0, 0.1) is 5.92 Å². The van der Waals surface area contributed by atoms with Crippen LogP contribution in [0.5, 0.6) is 0 Å². The zero-order valence-corrected chi connectivity index (χ0v) is 17.0. The zero-order chi connectivity index (χ0) is 22.0. The van der Waals surface area contributed by atoms with Crippen molar-refractivity contribution >= 4 is 29.6 Å². The first-order chi connectivity index (χ1) is 14.2. The van der Waals surface area contributed by atoms with Crippen LogP contribution in [0.4, 0.5) is 0 Å². The van der Waals surface area contributed by atoms with Gasteiger partial charge in [-0.25, -0.2) is 4.79 Å². The highest BCUT2D eigenvalue weighted by Gasteiger charge is 2.45. The van der Waals surface area contributed by atoms with Crippen LogP contribution >= 0.6 is 0 Å². The van der Waals surface area contributed by atoms with E-state index >= 15 is 0 Å². The van der Waals surface area contributed by atoms with E-state index in [4.69, 9.17) is 10.5 Å². The number of nitrogens with zero attached hydrogens (tertiary/aromatic N) is 2. The van der Waals surface area contributed by atoms with Gasteiger partial charge in [-0.2, -0.15) is 0 Å². The summed E-state index contributed by atoms with van der Waals surface area (Å²) < 4.78 is 5.19. The summed E-state index contributed by atoms with van der Waals surface area (Å²) in [6.07, 6.45) is 1.98. The molecular formula is C21H25N3O6. The summed E-state index contributed by atoms with van der Waals surface area (Å²) >= 11 is 0. The highest BCUT2D eigenvalue weighted by molar-refractivity contribution is 6.22. The van der Waals surface area contributed by atoms with Crippen molar-refractivity contribution in [1.29, 1.82) is 0 Å². The predicted octanol–water partition coefficient (Wildman–Crippen LogP) is 0.717. The number of ether oxygens (including phenoxy) is 1. The molecule has 1 saturated heterocycles. The molecule has 9 heteroatoms. The van der Waals surface area contributed by atoms with Crippen molar-refractivity contribution in [3.63, 3.8) is 0 Å². The molecule has 4 amide bonds. The van der Waals surface area contributed by atoms with Crippen molar-refractivity contribution in [1.82, 2.24) is 9.80 Å². The Morgan fingerprint density at radius 3 is 2.23 bits per heavy atom. The van der Waals surface area contributed by atoms with E-state index in [1.807, 2.05) is 0 Å². The first-order valence-electron chi connectivity index (χ1n) is 9.96. The molecule has 160 valence electrons. The summed E-state index contributed by atoms with van der Waals surface area (Å²) in [6.45, 7) is 3.14. The van der Waals surface area contributed by atoms with Crippen LogP contribution in [-0.4, -0.2) is 64.6 Å². The van der Waals surface area contributed by atoms with Gasteiger partial charge in [-0.15, -0.1) is 0 Å². The number of hydrogen-bond donors (Lipinski definition) is 1. The number of fused-ring (bicyclic) bond motifs is 1. The van der Waals surface area contributed by atoms with Gasteiger partial charge in [-0.05, 0) is 37.3 Å². The first-order valence-corrected chi connectivity index (χ1v) is 9.96. The Kier molecular flexibility index (Phi) is 6.19. The third-order valence-electron chi connectivity index (χ3n) is 5.47. The minimum atomic E-state index is -1.17. The molecule has 3 rings (SSSR count). The second-order valence-electron chi connectivity index (χ2n) is 7.82. The fourth-order valence-electron chi connectivity index (χ4n) is 3.96. The number of rotatable bonds is 6. The molecule has 30 heavy (non-hydrogen) atoms. The van der Waals surface area contributed by atoms with E-state index in [1.165, 1.54) is 17.0 Å². The number of likely N-dealkylation sites (tertiary alicyclic amines) is 1. The molecule has 1 aromatic rings. The minimum Gasteiger partial charge on any atom is -0.454 e. The maximum absolute atomic E-state index is 12.8. The lowest BCUT2D eigenvalue weighted by Gasteiger charge is -2.33. The van der Waals surface area contributed by atoms with E-state index in [9.17, 15) is 24.0 Å². The number of hydrogen-bond acceptors (Lipinski definition) is 6. The molecule has 0 aromatic heterocycles. The van der Waals surface area contributed by atoms with Crippen LogP contribution in [0.3, 0.4) is 0 Å². The van der Waals surface area contributed by atoms with E-state index < -0.39 is 54.2 Å². The maximum Gasteiger partial charge on any atom is 0.330 e. The van der Waals surface area contributed by atoms with Gasteiger partial charge in [-0.3, -0.25) is 24.1 Å². The average Bonchev–Trinajstić information content (AvgIpc) is 2.97. The molecule has 0 saturated carbocycles. The molecule has 1 aromatic carbocycles. The Morgan fingerprint density at radius 2 is 1.70 bits per heavy atom. The van der Waals surface area contributed by atoms with E-state index in [-0.39, 0.29) is 11.1 Å². The monoisotopic (exact) mass is 415 g/mol. The highest BCUT2D eigenvalue weighted by atomic mass is 16.5. The van der Waals surface area contributed by atoms with Crippen LogP contribution in [0.15, 0.2) is 24.3 Å². The lowest BCUT2D eigenvalue weighted by atomic mass is 10.0. The summed E-state index contributed by atoms with van der Waals surface area (Å²) in [5, 5.41) is 0. The third-order valence-corrected chi connectivity index (χ3v) is 5.47. The SMILES string of the molecule is CC(C)[C@H](C(=O)OCC(=O)N1CCCC[C@@H]1C(N)=O)N1C(=O)c2ccccc2C1=O. The van der Waals surface area contributed by atoms with Gasteiger partial charge in [0.2, 0.25) is 5.91 Å². The van der Waals surface area contributed by atoms with Gasteiger partial charge in [0.15, 0.2) is 6.61 Å². The van der Waals surface area contributed by atoms with Crippen LogP contribution in [0.1, 0.15) is 53.8 Å². The largest absolute Gasteiger partial charge is 0.454 e. The number of benzene rings is 1. The van der Waals surface area contributed by atoms with E-state index in [0.717, 1.165) is 17.7 Å². The Morgan fingerprint density at radius 1 is 1.10 bits per heavy atom. The quantitative estimate of drug-likeness (QED) is 0.539. The van der Waals surface area contributed by atoms with E-state index in [0.29, 0.717) is 13.0 Å². The van der Waals surface area contributed by atoms with Gasteiger partial charge in [-0.1, -0.05) is 26.0 Å². The summed E-state index contributed by atoms with van der Waals surface area (Å²) in [6, 6.07) is 4.45. The van der Waals surface area contributed by atoms with Crippen molar-refractivity contribution in [2.24, 2.45) is 11.7 Å². The third kappa shape index (κ3) is 3.92. The van der Waals surface area contributed by atoms with Crippen molar-refractivity contribution in [3.8, 4) is 0 Å². The fourth-order valence-corrected chi connectivity index (χ4v) is 3.96. The summed E-state index contributed by atoms with van der Waals surface area (Å²) in [4.78, 5) is 64.6. The van der Waals surface area contributed by atoms with Crippen molar-refractivity contribution in [2.75, 3.05) is 13.2 Å². The van der Waals surface area contributed by atoms with Crippen LogP contribution in [0.25, 0.3) is 0 Å². The minimum absolute atomic E-state index is 0.231. The molecule has 2 atom stereocenters. The number of nitrogens with two attached hydrogens (primary N) is 1. The van der Waals surface area contributed by atoms with Crippen molar-refractivity contribution in [2.45, 2.75) is 45.2 Å². The Bertz CT molecular complexity index is 861. The Labute approximate surface area is 174 Å². The molecule has 0 bridgehead atoms. The topological polar surface area (TPSA) is 127 Å². The smallest absolute Gasteiger partial charge is 0.330 e. The second kappa shape index (κ2) is 8.64. The van der Waals surface area contributed by atoms with Gasteiger partial charge in [0.25, 0.3) is 17.7 Å². The summed E-state index contributed by atoms with van der Waals surface area (Å²) in [5.41, 5.74) is 5.83. The molecule has 0 radical (unpaired) electrons. The average molecular weight is 415 g/mol. The molecule has 2 aliphatic heterocycles. The van der Waals surface area contributed by atoms with Gasteiger partial charge in [0.05, 0.1) is 11.1 Å². The van der Waals surface area contributed by atoms with E-state index in [2.05, 4.69) is 0 Å². The van der Waals surface area contributed by atoms with Gasteiger partial charge >= 0.3 is 5.97 Å². The highest BCUT2D eigenvalue weighted by Crippen LogP contribution is 2.27. The van der Waals surface area contributed by atoms with Crippen LogP contribution in [-0.2, 0) is 19.1 Å². The molecule has 2 N–H and O–H groups in total. The number of piperidine rings is 1. The van der Waals surface area contributed by atoms with E-state index in [1.54, 1.807) is 26.0 Å². The second-order valence-corrected chi connectivity index (χ2v) is 7.82. The standard InChI is InChI=1S/C21H25N3O6/c1-12(2)17(24-19(27)13-7-3-4-8-14(13)20(24)28)21(29)30-11-16(25)23-10-6-5-9-15(23)18(22)26/h3-4,7-8,12,15,17H,5-6,9-11H2,1-2H3,(H2,22,26)/t15-,17-/m1/s1. The molecule has 9 nitrogen and oxygen atoms in total. The number of primary amides is 1. The Balaban J connectivity index is 1.71. The first kappa shape index (κ1) is 21.5. The van der Waals surface area contributed by atoms with Gasteiger partial charge < -0.3 is 15.4 Å². The summed E-state index contributed by atoms with van der Waals surface area (Å²) in [5.74, 6) is -3.54. The van der Waals surface area contributed by atoms with Gasteiger partial charge in [0, 0.05) is 6.54 Å². The molecule has 2 heterocycles. The number of esters is 1. The van der Waals surface area contributed by atoms with Crippen LogP contribution in [0.2, 0.25) is 0 Å². The lowest BCUT2D eigenvalue weighted by molar-refractivity contribution is -0.158. The zero-order valence-electron chi connectivity index (χ0n) is 17.0. The normalized spacial score (nSPS) is 19.6. The number of amides is 4. The molecule has 0 unspecified atom stereocenters. The number of carbonyl (C=O) groups excluding carboxylic acids is 5. The van der Waals surface area contributed by atoms with Crippen molar-refractivity contribution < 1.29 is 28.7 Å². The molecular weight excluding hydrogens is 390 g/mol.